The molecule has 0 saturated heterocycles. The van der Waals surface area contributed by atoms with Gasteiger partial charge in [0.1, 0.15) is 5.67 Å². The minimum absolute atomic E-state index is 0.422. The van der Waals surface area contributed by atoms with E-state index in [0.717, 1.165) is 22.5 Å². The summed E-state index contributed by atoms with van der Waals surface area (Å²) in [6.45, 7) is 7.27. The Labute approximate surface area is 114 Å². The van der Waals surface area contributed by atoms with E-state index in [4.69, 9.17) is 0 Å². The number of nitrogens with zero attached hydrogens (tertiary/aromatic N) is 1. The van der Waals surface area contributed by atoms with Crippen LogP contribution in [0.3, 0.4) is 0 Å². The standard InChI is InChI=1S/C17H20FN/c1-12-8-9-16(19-13(12)2)15-7-5-6-14(10-15)11-17(3,4)18/h5-10H,11H2,1-4H3. The molecule has 0 saturated carbocycles. The second kappa shape index (κ2) is 5.12. The van der Waals surface area contributed by atoms with Crippen LogP contribution in [0.25, 0.3) is 11.3 Å². The van der Waals surface area contributed by atoms with E-state index in [9.17, 15) is 4.39 Å². The topological polar surface area (TPSA) is 12.9 Å². The molecule has 1 aromatic carbocycles. The van der Waals surface area contributed by atoms with E-state index < -0.39 is 5.67 Å². The minimum atomic E-state index is -1.19. The summed E-state index contributed by atoms with van der Waals surface area (Å²) >= 11 is 0. The lowest BCUT2D eigenvalue weighted by atomic mass is 9.97. The predicted molar refractivity (Wildman–Crippen MR) is 78.0 cm³/mol. The van der Waals surface area contributed by atoms with Gasteiger partial charge in [-0.1, -0.05) is 24.3 Å². The van der Waals surface area contributed by atoms with Crippen molar-refractivity contribution in [2.75, 3.05) is 0 Å². The average molecular weight is 257 g/mol. The third-order valence-corrected chi connectivity index (χ3v) is 3.20. The van der Waals surface area contributed by atoms with Crippen molar-refractivity contribution in [1.82, 2.24) is 4.98 Å². The molecule has 100 valence electrons. The normalized spacial score (nSPS) is 11.6. The minimum Gasteiger partial charge on any atom is -0.253 e. The highest BCUT2D eigenvalue weighted by Crippen LogP contribution is 2.23. The third kappa shape index (κ3) is 3.63. The second-order valence-corrected chi connectivity index (χ2v) is 5.69. The zero-order valence-corrected chi connectivity index (χ0v) is 12.0. The van der Waals surface area contributed by atoms with E-state index in [2.05, 4.69) is 11.1 Å². The lowest BCUT2D eigenvalue weighted by Crippen LogP contribution is -2.15. The molecule has 0 radical (unpaired) electrons. The zero-order valence-electron chi connectivity index (χ0n) is 12.0. The van der Waals surface area contributed by atoms with E-state index in [1.54, 1.807) is 13.8 Å². The fourth-order valence-electron chi connectivity index (χ4n) is 2.12. The molecule has 0 amide bonds. The molecular weight excluding hydrogens is 237 g/mol. The van der Waals surface area contributed by atoms with Crippen LogP contribution >= 0.6 is 0 Å². The van der Waals surface area contributed by atoms with Crippen LogP contribution in [-0.4, -0.2) is 10.7 Å². The second-order valence-electron chi connectivity index (χ2n) is 5.69. The van der Waals surface area contributed by atoms with Gasteiger partial charge in [0.15, 0.2) is 0 Å². The monoisotopic (exact) mass is 257 g/mol. The molecule has 0 atom stereocenters. The van der Waals surface area contributed by atoms with Gasteiger partial charge in [0, 0.05) is 17.7 Å². The first-order valence-corrected chi connectivity index (χ1v) is 6.58. The van der Waals surface area contributed by atoms with Gasteiger partial charge in [-0.05, 0) is 51.0 Å². The molecular formula is C17H20FN. The van der Waals surface area contributed by atoms with Gasteiger partial charge in [0.25, 0.3) is 0 Å². The molecule has 0 aliphatic heterocycles. The van der Waals surface area contributed by atoms with Crippen LogP contribution in [0.15, 0.2) is 36.4 Å². The van der Waals surface area contributed by atoms with Crippen molar-refractivity contribution in [3.05, 3.63) is 53.2 Å². The predicted octanol–water partition coefficient (Wildman–Crippen LogP) is 4.66. The molecule has 0 unspecified atom stereocenters. The Balaban J connectivity index is 2.35. The van der Waals surface area contributed by atoms with Crippen LogP contribution < -0.4 is 0 Å². The summed E-state index contributed by atoms with van der Waals surface area (Å²) < 4.78 is 13.7. The van der Waals surface area contributed by atoms with Gasteiger partial charge in [-0.15, -0.1) is 0 Å². The van der Waals surface area contributed by atoms with Gasteiger partial charge in [0.2, 0.25) is 0 Å². The maximum Gasteiger partial charge on any atom is 0.109 e. The van der Waals surface area contributed by atoms with E-state index in [1.807, 2.05) is 44.2 Å². The molecule has 0 bridgehead atoms. The van der Waals surface area contributed by atoms with Gasteiger partial charge in [-0.25, -0.2) is 4.39 Å². The molecule has 19 heavy (non-hydrogen) atoms. The molecule has 0 N–H and O–H groups in total. The fourth-order valence-corrected chi connectivity index (χ4v) is 2.12. The molecule has 0 spiro atoms. The van der Waals surface area contributed by atoms with Crippen LogP contribution in [0.4, 0.5) is 4.39 Å². The molecule has 1 nitrogen and oxygen atoms in total. The average Bonchev–Trinajstić information content (AvgIpc) is 2.31. The van der Waals surface area contributed by atoms with Gasteiger partial charge >= 0.3 is 0 Å². The fraction of sp³-hybridized carbons (Fsp3) is 0.353. The summed E-state index contributed by atoms with van der Waals surface area (Å²) in [4.78, 5) is 4.59. The summed E-state index contributed by atoms with van der Waals surface area (Å²) in [7, 11) is 0. The molecule has 0 aliphatic carbocycles. The number of halogens is 1. The van der Waals surface area contributed by atoms with Crippen molar-refractivity contribution in [2.45, 2.75) is 39.8 Å². The largest absolute Gasteiger partial charge is 0.253 e. The lowest BCUT2D eigenvalue weighted by molar-refractivity contribution is 0.217. The van der Waals surface area contributed by atoms with E-state index in [-0.39, 0.29) is 0 Å². The highest BCUT2D eigenvalue weighted by atomic mass is 19.1. The summed E-state index contributed by atoms with van der Waals surface area (Å²) in [5, 5.41) is 0. The molecule has 0 fully saturated rings. The van der Waals surface area contributed by atoms with Gasteiger partial charge < -0.3 is 0 Å². The van der Waals surface area contributed by atoms with Gasteiger partial charge in [0.05, 0.1) is 5.69 Å². The van der Waals surface area contributed by atoms with Crippen LogP contribution in [-0.2, 0) is 6.42 Å². The zero-order chi connectivity index (χ0) is 14.0. The molecule has 1 heterocycles. The van der Waals surface area contributed by atoms with Crippen molar-refractivity contribution in [1.29, 1.82) is 0 Å². The number of hydrogen-bond acceptors (Lipinski definition) is 1. The van der Waals surface area contributed by atoms with Crippen LogP contribution in [0.2, 0.25) is 0 Å². The summed E-state index contributed by atoms with van der Waals surface area (Å²) in [6.07, 6.45) is 0.422. The maximum absolute atomic E-state index is 13.7. The van der Waals surface area contributed by atoms with Crippen LogP contribution in [0.1, 0.15) is 30.7 Å². The summed E-state index contributed by atoms with van der Waals surface area (Å²) in [5.41, 5.74) is 4.03. The summed E-state index contributed by atoms with van der Waals surface area (Å²) in [5.74, 6) is 0. The van der Waals surface area contributed by atoms with Crippen LogP contribution in [0.5, 0.6) is 0 Å². The van der Waals surface area contributed by atoms with Crippen LogP contribution in [0, 0.1) is 13.8 Å². The number of alkyl halides is 1. The Morgan fingerprint density at radius 2 is 1.84 bits per heavy atom. The Morgan fingerprint density at radius 3 is 2.47 bits per heavy atom. The number of rotatable bonds is 3. The molecule has 2 heteroatoms. The van der Waals surface area contributed by atoms with E-state index in [1.165, 1.54) is 5.56 Å². The number of hydrogen-bond donors (Lipinski definition) is 0. The van der Waals surface area contributed by atoms with Crippen molar-refractivity contribution in [3.8, 4) is 11.3 Å². The first kappa shape index (κ1) is 13.7. The van der Waals surface area contributed by atoms with E-state index >= 15 is 0 Å². The first-order valence-electron chi connectivity index (χ1n) is 6.58. The van der Waals surface area contributed by atoms with Gasteiger partial charge in [-0.2, -0.15) is 0 Å². The molecule has 0 aliphatic rings. The van der Waals surface area contributed by atoms with E-state index in [0.29, 0.717) is 6.42 Å². The quantitative estimate of drug-likeness (QED) is 0.779. The van der Waals surface area contributed by atoms with Gasteiger partial charge in [-0.3, -0.25) is 4.98 Å². The molecule has 2 rings (SSSR count). The Morgan fingerprint density at radius 1 is 1.11 bits per heavy atom. The number of benzene rings is 1. The highest BCUT2D eigenvalue weighted by molar-refractivity contribution is 5.60. The Kier molecular flexibility index (Phi) is 3.70. The molecule has 1 aromatic heterocycles. The van der Waals surface area contributed by atoms with Crippen molar-refractivity contribution in [3.63, 3.8) is 0 Å². The first-order chi connectivity index (χ1) is 8.85. The lowest BCUT2D eigenvalue weighted by Gasteiger charge is -2.14. The van der Waals surface area contributed by atoms with Crippen molar-refractivity contribution < 1.29 is 4.39 Å². The number of pyridine rings is 1. The van der Waals surface area contributed by atoms with Crippen molar-refractivity contribution in [2.24, 2.45) is 0 Å². The SMILES string of the molecule is Cc1ccc(-c2cccc(CC(C)(C)F)c2)nc1C. The van der Waals surface area contributed by atoms with Crippen molar-refractivity contribution >= 4 is 0 Å². The number of aryl methyl sites for hydroxylation is 2. The summed E-state index contributed by atoms with van der Waals surface area (Å²) in [6, 6.07) is 12.1. The highest BCUT2D eigenvalue weighted by Gasteiger charge is 2.16. The number of aromatic nitrogens is 1. The Hall–Kier alpha value is -1.70. The Bertz CT molecular complexity index is 582. The smallest absolute Gasteiger partial charge is 0.109 e. The maximum atomic E-state index is 13.7. The third-order valence-electron chi connectivity index (χ3n) is 3.20. The molecule has 2 aromatic rings.